The van der Waals surface area contributed by atoms with E-state index in [1.165, 1.54) is 35.2 Å². The zero-order chi connectivity index (χ0) is 22.7. The van der Waals surface area contributed by atoms with E-state index in [0.717, 1.165) is 21.4 Å². The summed E-state index contributed by atoms with van der Waals surface area (Å²) in [5, 5.41) is 17.4. The molecular formula is C23H19BrN4O3S. The third-order valence-electron chi connectivity index (χ3n) is 4.68. The Labute approximate surface area is 196 Å². The van der Waals surface area contributed by atoms with Gasteiger partial charge in [-0.1, -0.05) is 54.0 Å². The number of hydrogen-bond acceptors (Lipinski definition) is 6. The Morgan fingerprint density at radius 2 is 1.94 bits per heavy atom. The molecule has 162 valence electrons. The lowest BCUT2D eigenvalue weighted by atomic mass is 10.0. The molecule has 0 aliphatic rings. The van der Waals surface area contributed by atoms with Crippen LogP contribution in [0, 0.1) is 10.1 Å². The molecule has 0 saturated carbocycles. The molecule has 2 aromatic heterocycles. The number of furan rings is 1. The second-order valence-electron chi connectivity index (χ2n) is 7.26. The first-order chi connectivity index (χ1) is 15.4. The fourth-order valence-electron chi connectivity index (χ4n) is 3.00. The first kappa shape index (κ1) is 21.9. The Kier molecular flexibility index (Phi) is 6.48. The zero-order valence-electron chi connectivity index (χ0n) is 17.3. The average molecular weight is 511 g/mol. The van der Waals surface area contributed by atoms with E-state index in [-0.39, 0.29) is 11.6 Å². The predicted molar refractivity (Wildman–Crippen MR) is 130 cm³/mol. The second-order valence-corrected chi connectivity index (χ2v) is 9.01. The van der Waals surface area contributed by atoms with E-state index in [4.69, 9.17) is 9.41 Å². The first-order valence-electron chi connectivity index (χ1n) is 9.80. The van der Waals surface area contributed by atoms with Crippen molar-refractivity contribution in [2.24, 2.45) is 10.1 Å². The van der Waals surface area contributed by atoms with Gasteiger partial charge in [-0.3, -0.25) is 10.1 Å². The summed E-state index contributed by atoms with van der Waals surface area (Å²) >= 11 is 4.96. The van der Waals surface area contributed by atoms with Crippen molar-refractivity contribution in [3.63, 3.8) is 0 Å². The molecule has 0 aliphatic carbocycles. The molecule has 0 N–H and O–H groups in total. The van der Waals surface area contributed by atoms with Crippen LogP contribution in [0.3, 0.4) is 0 Å². The molecule has 4 aromatic rings. The van der Waals surface area contributed by atoms with Gasteiger partial charge in [0.2, 0.25) is 4.80 Å². The largest absolute Gasteiger partial charge is 0.433 e. The molecule has 9 heteroatoms. The van der Waals surface area contributed by atoms with Gasteiger partial charge < -0.3 is 4.42 Å². The maximum absolute atomic E-state index is 10.9. The van der Waals surface area contributed by atoms with Gasteiger partial charge >= 0.3 is 5.88 Å². The van der Waals surface area contributed by atoms with Gasteiger partial charge in [-0.25, -0.2) is 9.67 Å². The lowest BCUT2D eigenvalue weighted by molar-refractivity contribution is -0.402. The van der Waals surface area contributed by atoms with Crippen LogP contribution in [0.1, 0.15) is 31.1 Å². The normalized spacial score (nSPS) is 12.2. The highest BCUT2D eigenvalue weighted by atomic mass is 79.9. The number of aromatic nitrogens is 1. The number of benzene rings is 2. The molecule has 32 heavy (non-hydrogen) atoms. The van der Waals surface area contributed by atoms with E-state index in [2.05, 4.69) is 47.0 Å². The molecule has 0 unspecified atom stereocenters. The van der Waals surface area contributed by atoms with Crippen LogP contribution in [-0.2, 0) is 0 Å². The lowest BCUT2D eigenvalue weighted by Crippen LogP contribution is -2.11. The maximum atomic E-state index is 10.9. The smallest absolute Gasteiger partial charge is 0.400 e. The van der Waals surface area contributed by atoms with Gasteiger partial charge in [0.15, 0.2) is 5.76 Å². The van der Waals surface area contributed by atoms with Crippen molar-refractivity contribution >= 4 is 45.1 Å². The van der Waals surface area contributed by atoms with Crippen molar-refractivity contribution in [1.29, 1.82) is 0 Å². The molecule has 0 fully saturated rings. The molecule has 0 radical (unpaired) electrons. The quantitative estimate of drug-likeness (QED) is 0.164. The second kappa shape index (κ2) is 9.46. The fourth-order valence-corrected chi connectivity index (χ4v) is 4.26. The van der Waals surface area contributed by atoms with E-state index in [0.29, 0.717) is 10.7 Å². The van der Waals surface area contributed by atoms with Crippen molar-refractivity contribution in [2.75, 3.05) is 0 Å². The summed E-state index contributed by atoms with van der Waals surface area (Å²) in [4.78, 5) is 15.7. The topological polar surface area (TPSA) is 85.9 Å². The van der Waals surface area contributed by atoms with Crippen LogP contribution in [0.25, 0.3) is 11.3 Å². The van der Waals surface area contributed by atoms with E-state index in [1.54, 1.807) is 4.68 Å². The number of nitro groups is 1. The third-order valence-corrected chi connectivity index (χ3v) is 5.99. The van der Waals surface area contributed by atoms with Gasteiger partial charge in [-0.05, 0) is 41.8 Å². The van der Waals surface area contributed by atoms with Crippen LogP contribution in [0.4, 0.5) is 11.6 Å². The summed E-state index contributed by atoms with van der Waals surface area (Å²) in [6, 6.07) is 18.8. The standard InChI is InChI=1S/C23H19BrN4O3S/c1-15(2)16-6-8-19(9-7-16)26-23-27(25-13-20-10-11-22(31-20)28(29)30)21(14-32-23)17-4-3-5-18(24)12-17/h3-15H,1-2H3. The minimum absolute atomic E-state index is 0.280. The van der Waals surface area contributed by atoms with Crippen LogP contribution in [-0.4, -0.2) is 15.8 Å². The molecule has 0 bridgehead atoms. The van der Waals surface area contributed by atoms with Crippen molar-refractivity contribution in [3.05, 3.63) is 96.8 Å². The van der Waals surface area contributed by atoms with Gasteiger partial charge in [0.1, 0.15) is 4.92 Å². The van der Waals surface area contributed by atoms with Crippen molar-refractivity contribution in [2.45, 2.75) is 19.8 Å². The van der Waals surface area contributed by atoms with E-state index < -0.39 is 4.92 Å². The highest BCUT2D eigenvalue weighted by Gasteiger charge is 2.12. The van der Waals surface area contributed by atoms with Gasteiger partial charge in [0.25, 0.3) is 0 Å². The molecule has 2 aromatic carbocycles. The SMILES string of the molecule is CC(C)c1ccc(N=c2scc(-c3cccc(Br)c3)n2N=Cc2ccc([N+](=O)[O-])o2)cc1. The predicted octanol–water partition coefficient (Wildman–Crippen LogP) is 6.72. The van der Waals surface area contributed by atoms with Crippen LogP contribution in [0.5, 0.6) is 0 Å². The molecular weight excluding hydrogens is 492 g/mol. The Morgan fingerprint density at radius 3 is 2.59 bits per heavy atom. The summed E-state index contributed by atoms with van der Waals surface area (Å²) in [5.74, 6) is 0.396. The Morgan fingerprint density at radius 1 is 1.16 bits per heavy atom. The molecule has 4 rings (SSSR count). The Bertz CT molecular complexity index is 1350. The summed E-state index contributed by atoms with van der Waals surface area (Å²) in [6.07, 6.45) is 1.45. The van der Waals surface area contributed by atoms with Crippen molar-refractivity contribution < 1.29 is 9.34 Å². The highest BCUT2D eigenvalue weighted by molar-refractivity contribution is 9.10. The number of halogens is 1. The Hall–Kier alpha value is -3.30. The van der Waals surface area contributed by atoms with Crippen molar-refractivity contribution in [3.8, 4) is 11.3 Å². The zero-order valence-corrected chi connectivity index (χ0v) is 19.7. The van der Waals surface area contributed by atoms with Crippen LogP contribution >= 0.6 is 27.3 Å². The van der Waals surface area contributed by atoms with Gasteiger partial charge in [0.05, 0.1) is 23.7 Å². The summed E-state index contributed by atoms with van der Waals surface area (Å²) < 4.78 is 7.86. The molecule has 7 nitrogen and oxygen atoms in total. The van der Waals surface area contributed by atoms with Gasteiger partial charge in [-0.15, -0.1) is 11.3 Å². The minimum atomic E-state index is -0.580. The van der Waals surface area contributed by atoms with Crippen LogP contribution in [0.2, 0.25) is 0 Å². The number of rotatable bonds is 6. The maximum Gasteiger partial charge on any atom is 0.433 e. The van der Waals surface area contributed by atoms with Crippen molar-refractivity contribution in [1.82, 2.24) is 4.68 Å². The molecule has 2 heterocycles. The summed E-state index contributed by atoms with van der Waals surface area (Å²) in [6.45, 7) is 4.30. The van der Waals surface area contributed by atoms with E-state index in [9.17, 15) is 10.1 Å². The Balaban J connectivity index is 1.79. The minimum Gasteiger partial charge on any atom is -0.400 e. The number of nitrogens with zero attached hydrogens (tertiary/aromatic N) is 4. The van der Waals surface area contributed by atoms with Crippen LogP contribution < -0.4 is 4.80 Å². The highest BCUT2D eigenvalue weighted by Crippen LogP contribution is 2.25. The van der Waals surface area contributed by atoms with Gasteiger partial charge in [0, 0.05) is 15.4 Å². The third kappa shape index (κ3) is 4.95. The van der Waals surface area contributed by atoms with Crippen LogP contribution in [0.15, 0.2) is 85.0 Å². The molecule has 0 spiro atoms. The monoisotopic (exact) mass is 510 g/mol. The fraction of sp³-hybridized carbons (Fsp3) is 0.130. The molecule has 0 saturated heterocycles. The summed E-state index contributed by atoms with van der Waals surface area (Å²) in [7, 11) is 0. The molecule has 0 amide bonds. The number of hydrogen-bond donors (Lipinski definition) is 0. The first-order valence-corrected chi connectivity index (χ1v) is 11.5. The summed E-state index contributed by atoms with van der Waals surface area (Å²) in [5.41, 5.74) is 3.85. The van der Waals surface area contributed by atoms with E-state index in [1.807, 2.05) is 41.8 Å². The molecule has 0 atom stereocenters. The van der Waals surface area contributed by atoms with E-state index >= 15 is 0 Å². The van der Waals surface area contributed by atoms with Gasteiger partial charge in [-0.2, -0.15) is 5.10 Å². The number of thiazole rings is 1. The average Bonchev–Trinajstić information content (AvgIpc) is 3.40. The molecule has 0 aliphatic heterocycles. The lowest BCUT2D eigenvalue weighted by Gasteiger charge is -2.05.